The lowest BCUT2D eigenvalue weighted by atomic mass is 10.0. The predicted molar refractivity (Wildman–Crippen MR) is 94.1 cm³/mol. The Morgan fingerprint density at radius 3 is 2.74 bits per heavy atom. The van der Waals surface area contributed by atoms with Crippen molar-refractivity contribution in [2.45, 2.75) is 32.7 Å². The van der Waals surface area contributed by atoms with Crippen LogP contribution in [0.2, 0.25) is 5.02 Å². The Labute approximate surface area is 142 Å². The third-order valence-corrected chi connectivity index (χ3v) is 3.99. The minimum absolute atomic E-state index is 0.0148. The summed E-state index contributed by atoms with van der Waals surface area (Å²) in [5, 5.41) is 3.73. The molecule has 1 amide bonds. The number of hydrogen-bond acceptors (Lipinski definition) is 2. The van der Waals surface area contributed by atoms with Crippen molar-refractivity contribution < 1.29 is 9.53 Å². The molecule has 1 atom stereocenters. The highest BCUT2D eigenvalue weighted by atomic mass is 35.5. The number of carbonyl (C=O) groups is 1. The molecule has 0 saturated carbocycles. The highest BCUT2D eigenvalue weighted by molar-refractivity contribution is 6.30. The van der Waals surface area contributed by atoms with Gasteiger partial charge in [0.15, 0.2) is 0 Å². The van der Waals surface area contributed by atoms with E-state index in [9.17, 15) is 4.79 Å². The normalized spacial score (nSPS) is 11.8. The average molecular weight is 332 g/mol. The van der Waals surface area contributed by atoms with E-state index in [0.29, 0.717) is 17.9 Å². The van der Waals surface area contributed by atoms with Crippen LogP contribution in [0.1, 0.15) is 36.1 Å². The number of amides is 1. The van der Waals surface area contributed by atoms with Gasteiger partial charge in [-0.05, 0) is 44.0 Å². The van der Waals surface area contributed by atoms with Gasteiger partial charge >= 0.3 is 0 Å². The fourth-order valence-electron chi connectivity index (χ4n) is 2.53. The summed E-state index contributed by atoms with van der Waals surface area (Å²) < 4.78 is 5.38. The van der Waals surface area contributed by atoms with Gasteiger partial charge in [0.05, 0.1) is 13.2 Å². The summed E-state index contributed by atoms with van der Waals surface area (Å²) in [6, 6.07) is 13.5. The van der Waals surface area contributed by atoms with E-state index in [1.54, 1.807) is 7.11 Å². The highest BCUT2D eigenvalue weighted by Gasteiger charge is 2.14. The lowest BCUT2D eigenvalue weighted by Crippen LogP contribution is -2.27. The van der Waals surface area contributed by atoms with E-state index in [1.807, 2.05) is 56.3 Å². The monoisotopic (exact) mass is 331 g/mol. The zero-order chi connectivity index (χ0) is 16.8. The third-order valence-electron chi connectivity index (χ3n) is 3.76. The second-order valence-electron chi connectivity index (χ2n) is 5.66. The molecule has 2 rings (SSSR count). The van der Waals surface area contributed by atoms with Crippen LogP contribution in [0.5, 0.6) is 5.75 Å². The molecule has 0 radical (unpaired) electrons. The molecule has 0 saturated heterocycles. The maximum Gasteiger partial charge on any atom is 0.220 e. The van der Waals surface area contributed by atoms with Crippen LogP contribution in [0, 0.1) is 6.92 Å². The lowest BCUT2D eigenvalue weighted by Gasteiger charge is -2.18. The van der Waals surface area contributed by atoms with Crippen LogP contribution in [-0.4, -0.2) is 13.0 Å². The summed E-state index contributed by atoms with van der Waals surface area (Å²) in [5.41, 5.74) is 3.19. The van der Waals surface area contributed by atoms with E-state index in [0.717, 1.165) is 22.4 Å². The number of halogens is 1. The van der Waals surface area contributed by atoms with Gasteiger partial charge < -0.3 is 10.1 Å². The summed E-state index contributed by atoms with van der Waals surface area (Å²) >= 11 is 5.96. The first-order valence-corrected chi connectivity index (χ1v) is 8.05. The zero-order valence-corrected chi connectivity index (χ0v) is 14.5. The van der Waals surface area contributed by atoms with E-state index in [4.69, 9.17) is 16.3 Å². The highest BCUT2D eigenvalue weighted by Crippen LogP contribution is 2.26. The van der Waals surface area contributed by atoms with Gasteiger partial charge in [0, 0.05) is 17.0 Å². The second-order valence-corrected chi connectivity index (χ2v) is 6.10. The molecular formula is C19H22ClNO2. The van der Waals surface area contributed by atoms with Crippen LogP contribution >= 0.6 is 11.6 Å². The SMILES string of the molecule is COc1ccc(C)cc1C(C)NC(=O)CCc1cccc(Cl)c1. The van der Waals surface area contributed by atoms with Crippen LogP contribution < -0.4 is 10.1 Å². The van der Waals surface area contributed by atoms with Gasteiger partial charge in [-0.2, -0.15) is 0 Å². The van der Waals surface area contributed by atoms with E-state index in [2.05, 4.69) is 5.32 Å². The van der Waals surface area contributed by atoms with Crippen molar-refractivity contribution in [3.8, 4) is 5.75 Å². The second kappa shape index (κ2) is 8.02. The molecule has 0 spiro atoms. The van der Waals surface area contributed by atoms with Gasteiger partial charge in [-0.15, -0.1) is 0 Å². The summed E-state index contributed by atoms with van der Waals surface area (Å²) in [6.45, 7) is 3.99. The number of rotatable bonds is 6. The number of carbonyl (C=O) groups excluding carboxylic acids is 1. The molecule has 1 unspecified atom stereocenters. The Hall–Kier alpha value is -2.00. The molecule has 2 aromatic carbocycles. The molecule has 2 aromatic rings. The first kappa shape index (κ1) is 17.4. The summed E-state index contributed by atoms with van der Waals surface area (Å²) in [4.78, 5) is 12.2. The molecule has 0 aliphatic heterocycles. The van der Waals surface area contributed by atoms with Crippen molar-refractivity contribution in [1.82, 2.24) is 5.32 Å². The third kappa shape index (κ3) is 5.00. The number of benzene rings is 2. The Morgan fingerprint density at radius 2 is 2.04 bits per heavy atom. The van der Waals surface area contributed by atoms with Crippen LogP contribution in [0.25, 0.3) is 0 Å². The fraction of sp³-hybridized carbons (Fsp3) is 0.316. The van der Waals surface area contributed by atoms with Crippen molar-refractivity contribution in [1.29, 1.82) is 0 Å². The molecule has 0 bridgehead atoms. The Bertz CT molecular complexity index is 685. The molecule has 0 aliphatic rings. The molecule has 23 heavy (non-hydrogen) atoms. The summed E-state index contributed by atoms with van der Waals surface area (Å²) in [6.07, 6.45) is 1.10. The van der Waals surface area contributed by atoms with Gasteiger partial charge in [-0.1, -0.05) is 41.4 Å². The number of hydrogen-bond donors (Lipinski definition) is 1. The van der Waals surface area contributed by atoms with Crippen molar-refractivity contribution in [3.63, 3.8) is 0 Å². The molecule has 0 aromatic heterocycles. The van der Waals surface area contributed by atoms with Gasteiger partial charge in [-0.25, -0.2) is 0 Å². The topological polar surface area (TPSA) is 38.3 Å². The molecule has 0 heterocycles. The summed E-state index contributed by atoms with van der Waals surface area (Å²) in [5.74, 6) is 0.805. The van der Waals surface area contributed by atoms with E-state index in [-0.39, 0.29) is 11.9 Å². The van der Waals surface area contributed by atoms with Gasteiger partial charge in [-0.3, -0.25) is 4.79 Å². The smallest absolute Gasteiger partial charge is 0.220 e. The van der Waals surface area contributed by atoms with Crippen LogP contribution in [-0.2, 0) is 11.2 Å². The summed E-state index contributed by atoms with van der Waals surface area (Å²) in [7, 11) is 1.64. The van der Waals surface area contributed by atoms with E-state index < -0.39 is 0 Å². The minimum atomic E-state index is -0.100. The van der Waals surface area contributed by atoms with Crippen molar-refractivity contribution >= 4 is 17.5 Å². The zero-order valence-electron chi connectivity index (χ0n) is 13.7. The standard InChI is InChI=1S/C19H22ClNO2/c1-13-7-9-18(23-3)17(11-13)14(2)21-19(22)10-8-15-5-4-6-16(20)12-15/h4-7,9,11-12,14H,8,10H2,1-3H3,(H,21,22). The number of nitrogens with one attached hydrogen (secondary N) is 1. The molecule has 0 aliphatic carbocycles. The minimum Gasteiger partial charge on any atom is -0.496 e. The maximum absolute atomic E-state index is 12.2. The van der Waals surface area contributed by atoms with Crippen LogP contribution in [0.3, 0.4) is 0 Å². The van der Waals surface area contributed by atoms with Crippen molar-refractivity contribution in [2.24, 2.45) is 0 Å². The average Bonchev–Trinajstić information content (AvgIpc) is 2.53. The van der Waals surface area contributed by atoms with Crippen molar-refractivity contribution in [3.05, 3.63) is 64.2 Å². The van der Waals surface area contributed by atoms with Crippen molar-refractivity contribution in [2.75, 3.05) is 7.11 Å². The van der Waals surface area contributed by atoms with Gasteiger partial charge in [0.1, 0.15) is 5.75 Å². The molecular weight excluding hydrogens is 310 g/mol. The molecule has 1 N–H and O–H groups in total. The molecule has 4 heteroatoms. The van der Waals surface area contributed by atoms with Gasteiger partial charge in [0.2, 0.25) is 5.91 Å². The quantitative estimate of drug-likeness (QED) is 0.848. The predicted octanol–water partition coefficient (Wildman–Crippen LogP) is 4.47. The lowest BCUT2D eigenvalue weighted by molar-refractivity contribution is -0.121. The van der Waals surface area contributed by atoms with Gasteiger partial charge in [0.25, 0.3) is 0 Å². The number of ether oxygens (including phenoxy) is 1. The molecule has 122 valence electrons. The van der Waals surface area contributed by atoms with E-state index in [1.165, 1.54) is 0 Å². The Morgan fingerprint density at radius 1 is 1.26 bits per heavy atom. The maximum atomic E-state index is 12.2. The Kier molecular flexibility index (Phi) is 6.05. The molecule has 0 fully saturated rings. The van der Waals surface area contributed by atoms with E-state index >= 15 is 0 Å². The largest absolute Gasteiger partial charge is 0.496 e. The first-order chi connectivity index (χ1) is 11.0. The Balaban J connectivity index is 1.96. The fourth-order valence-corrected chi connectivity index (χ4v) is 2.75. The number of aryl methyl sites for hydroxylation is 2. The first-order valence-electron chi connectivity index (χ1n) is 7.68. The van der Waals surface area contributed by atoms with Crippen LogP contribution in [0.4, 0.5) is 0 Å². The van der Waals surface area contributed by atoms with Crippen LogP contribution in [0.15, 0.2) is 42.5 Å². The molecule has 3 nitrogen and oxygen atoms in total. The number of methoxy groups -OCH3 is 1.